The van der Waals surface area contributed by atoms with Crippen LogP contribution in [0.1, 0.15) is 50.7 Å². The molecule has 1 saturated carbocycles. The maximum atomic E-state index is 13.7. The van der Waals surface area contributed by atoms with Crippen LogP contribution in [0.3, 0.4) is 0 Å². The number of aliphatic imine (C=N–C) groups is 1. The van der Waals surface area contributed by atoms with Gasteiger partial charge in [-0.1, -0.05) is 25.8 Å². The van der Waals surface area contributed by atoms with E-state index in [0.717, 1.165) is 31.9 Å². The number of nitrogens with one attached hydrogen (secondary N) is 2. The van der Waals surface area contributed by atoms with E-state index in [4.69, 9.17) is 0 Å². The van der Waals surface area contributed by atoms with Crippen molar-refractivity contribution in [1.29, 1.82) is 0 Å². The van der Waals surface area contributed by atoms with E-state index in [1.165, 1.54) is 18.2 Å². The van der Waals surface area contributed by atoms with Crippen LogP contribution in [0.25, 0.3) is 0 Å². The molecule has 0 saturated heterocycles. The first-order valence-corrected chi connectivity index (χ1v) is 11.8. The van der Waals surface area contributed by atoms with E-state index in [0.29, 0.717) is 30.2 Å². The van der Waals surface area contributed by atoms with Crippen molar-refractivity contribution in [3.63, 3.8) is 0 Å². The molecule has 0 heterocycles. The zero-order valence-corrected chi connectivity index (χ0v) is 20.5. The third-order valence-electron chi connectivity index (χ3n) is 5.28. The predicted octanol–water partition coefficient (Wildman–Crippen LogP) is 2.98. The molecule has 29 heavy (non-hydrogen) atoms. The van der Waals surface area contributed by atoms with Gasteiger partial charge in [-0.15, -0.1) is 24.0 Å². The van der Waals surface area contributed by atoms with E-state index in [9.17, 15) is 17.9 Å². The largest absolute Gasteiger partial charge is 0.392 e. The van der Waals surface area contributed by atoms with E-state index in [-0.39, 0.29) is 47.8 Å². The normalized spacial score (nSPS) is 22.7. The fourth-order valence-corrected chi connectivity index (χ4v) is 4.39. The zero-order chi connectivity index (χ0) is 20.8. The number of aliphatic hydroxyl groups is 1. The van der Waals surface area contributed by atoms with Crippen LogP contribution in [-0.4, -0.2) is 44.9 Å². The Bertz CT molecular complexity index is 804. The average molecular weight is 541 g/mol. The first-order chi connectivity index (χ1) is 13.1. The van der Waals surface area contributed by atoms with Crippen LogP contribution in [0.15, 0.2) is 23.2 Å². The van der Waals surface area contributed by atoms with Crippen molar-refractivity contribution in [2.24, 2.45) is 10.4 Å². The molecular weight excluding hydrogens is 508 g/mol. The van der Waals surface area contributed by atoms with Crippen LogP contribution < -0.4 is 10.6 Å². The Hall–Kier alpha value is -0.940. The molecule has 0 spiro atoms. The summed E-state index contributed by atoms with van der Waals surface area (Å²) in [5.41, 5.74) is 0.888. The maximum Gasteiger partial charge on any atom is 0.191 e. The lowest BCUT2D eigenvalue weighted by Gasteiger charge is -2.38. The van der Waals surface area contributed by atoms with Gasteiger partial charge in [-0.2, -0.15) is 0 Å². The minimum absolute atomic E-state index is 0. The van der Waals surface area contributed by atoms with Crippen molar-refractivity contribution < 1.29 is 17.9 Å². The molecule has 0 radical (unpaired) electrons. The average Bonchev–Trinajstić information content (AvgIpc) is 2.61. The standard InChI is InChI=1S/C20H32FN3O3S.HI/c1-4-22-19(24-14-20(2)10-6-5-7-18(20)25)23-12-16-11-17(21)9-8-15(16)13-28(3,26)27;/h8-9,11,18,25H,4-7,10,12-14H2,1-3H3,(H2,22,23,24);1H. The van der Waals surface area contributed by atoms with Crippen molar-refractivity contribution in [3.8, 4) is 0 Å². The SMILES string of the molecule is CCNC(=NCc1cc(F)ccc1CS(C)(=O)=O)NCC1(C)CCCCC1O.I. The summed E-state index contributed by atoms with van der Waals surface area (Å²) >= 11 is 0. The summed E-state index contributed by atoms with van der Waals surface area (Å²) in [5.74, 6) is 0.00105. The number of nitrogens with zero attached hydrogens (tertiary/aromatic N) is 1. The lowest BCUT2D eigenvalue weighted by Crippen LogP contribution is -2.48. The van der Waals surface area contributed by atoms with Crippen molar-refractivity contribution in [1.82, 2.24) is 10.6 Å². The topological polar surface area (TPSA) is 90.8 Å². The Kier molecular flexibility index (Phi) is 10.3. The van der Waals surface area contributed by atoms with Crippen LogP contribution in [0.2, 0.25) is 0 Å². The minimum atomic E-state index is -3.23. The molecule has 0 aliphatic heterocycles. The highest BCUT2D eigenvalue weighted by Gasteiger charge is 2.35. The van der Waals surface area contributed by atoms with Crippen molar-refractivity contribution in [2.45, 2.75) is 57.9 Å². The lowest BCUT2D eigenvalue weighted by atomic mass is 9.73. The number of halogens is 2. The van der Waals surface area contributed by atoms with Crippen LogP contribution in [0.5, 0.6) is 0 Å². The number of aliphatic hydroxyl groups excluding tert-OH is 1. The molecule has 1 aromatic rings. The summed E-state index contributed by atoms with van der Waals surface area (Å²) in [7, 11) is -3.23. The molecule has 6 nitrogen and oxygen atoms in total. The highest BCUT2D eigenvalue weighted by Crippen LogP contribution is 2.35. The lowest BCUT2D eigenvalue weighted by molar-refractivity contribution is 0.00397. The smallest absolute Gasteiger partial charge is 0.191 e. The molecule has 166 valence electrons. The van der Waals surface area contributed by atoms with Crippen LogP contribution >= 0.6 is 24.0 Å². The van der Waals surface area contributed by atoms with Gasteiger partial charge in [-0.25, -0.2) is 17.8 Å². The van der Waals surface area contributed by atoms with Gasteiger partial charge >= 0.3 is 0 Å². The Morgan fingerprint density at radius 2 is 2.03 bits per heavy atom. The minimum Gasteiger partial charge on any atom is -0.392 e. The summed E-state index contributed by atoms with van der Waals surface area (Å²) in [5, 5.41) is 16.8. The summed E-state index contributed by atoms with van der Waals surface area (Å²) in [6.07, 6.45) is 4.72. The first-order valence-electron chi connectivity index (χ1n) is 9.78. The van der Waals surface area contributed by atoms with Gasteiger partial charge in [0.2, 0.25) is 0 Å². The van der Waals surface area contributed by atoms with Gasteiger partial charge in [0.25, 0.3) is 0 Å². The molecule has 2 unspecified atom stereocenters. The second-order valence-electron chi connectivity index (χ2n) is 7.95. The Morgan fingerprint density at radius 3 is 2.66 bits per heavy atom. The fourth-order valence-electron chi connectivity index (χ4n) is 3.54. The molecule has 0 aromatic heterocycles. The first kappa shape index (κ1) is 26.1. The van der Waals surface area contributed by atoms with E-state index in [2.05, 4.69) is 22.5 Å². The van der Waals surface area contributed by atoms with E-state index in [1.54, 1.807) is 0 Å². The molecule has 0 amide bonds. The van der Waals surface area contributed by atoms with Crippen molar-refractivity contribution >= 4 is 39.8 Å². The molecule has 1 aromatic carbocycles. The van der Waals surface area contributed by atoms with Gasteiger partial charge < -0.3 is 15.7 Å². The van der Waals surface area contributed by atoms with Crippen LogP contribution in [0, 0.1) is 11.2 Å². The molecule has 1 aliphatic carbocycles. The van der Waals surface area contributed by atoms with E-state index < -0.39 is 15.7 Å². The third kappa shape index (κ3) is 8.37. The molecule has 1 aliphatic rings. The molecule has 3 N–H and O–H groups in total. The molecular formula is C20H33FIN3O3S. The quantitative estimate of drug-likeness (QED) is 0.281. The number of benzene rings is 1. The van der Waals surface area contributed by atoms with E-state index >= 15 is 0 Å². The Balaban J connectivity index is 0.00000420. The monoisotopic (exact) mass is 541 g/mol. The number of hydrogen-bond donors (Lipinski definition) is 3. The number of rotatable bonds is 7. The molecule has 1 fully saturated rings. The number of hydrogen-bond acceptors (Lipinski definition) is 4. The molecule has 0 bridgehead atoms. The highest BCUT2D eigenvalue weighted by atomic mass is 127. The molecule has 2 rings (SSSR count). The summed E-state index contributed by atoms with van der Waals surface area (Å²) in [6.45, 7) is 5.43. The third-order valence-corrected chi connectivity index (χ3v) is 6.11. The Labute approximate surface area is 190 Å². The predicted molar refractivity (Wildman–Crippen MR) is 126 cm³/mol. The second kappa shape index (κ2) is 11.5. The Morgan fingerprint density at radius 1 is 1.31 bits per heavy atom. The highest BCUT2D eigenvalue weighted by molar-refractivity contribution is 14.0. The van der Waals surface area contributed by atoms with Crippen molar-refractivity contribution in [3.05, 3.63) is 35.1 Å². The number of sulfone groups is 1. The number of guanidine groups is 1. The van der Waals surface area contributed by atoms with Gasteiger partial charge in [-0.3, -0.25) is 0 Å². The summed E-state index contributed by atoms with van der Waals surface area (Å²) in [6, 6.07) is 4.10. The van der Waals surface area contributed by atoms with Gasteiger partial charge in [-0.05, 0) is 43.0 Å². The van der Waals surface area contributed by atoms with Gasteiger partial charge in [0.05, 0.1) is 18.4 Å². The van der Waals surface area contributed by atoms with Gasteiger partial charge in [0.1, 0.15) is 5.82 Å². The summed E-state index contributed by atoms with van der Waals surface area (Å²) < 4.78 is 37.0. The zero-order valence-electron chi connectivity index (χ0n) is 17.4. The molecule has 9 heteroatoms. The van der Waals surface area contributed by atoms with Crippen LogP contribution in [0.4, 0.5) is 4.39 Å². The summed E-state index contributed by atoms with van der Waals surface area (Å²) in [4.78, 5) is 4.51. The van der Waals surface area contributed by atoms with Crippen molar-refractivity contribution in [2.75, 3.05) is 19.3 Å². The fraction of sp³-hybridized carbons (Fsp3) is 0.650. The molecule has 2 atom stereocenters. The van der Waals surface area contributed by atoms with Crippen LogP contribution in [-0.2, 0) is 22.1 Å². The second-order valence-corrected chi connectivity index (χ2v) is 10.1. The maximum absolute atomic E-state index is 13.7. The van der Waals surface area contributed by atoms with Gasteiger partial charge in [0.15, 0.2) is 15.8 Å². The van der Waals surface area contributed by atoms with Gasteiger partial charge in [0, 0.05) is 24.8 Å². The van der Waals surface area contributed by atoms with E-state index in [1.807, 2.05) is 6.92 Å².